The zero-order chi connectivity index (χ0) is 23.6. The van der Waals surface area contributed by atoms with Crippen LogP contribution in [0.1, 0.15) is 10.4 Å². The zero-order valence-corrected chi connectivity index (χ0v) is 19.5. The summed E-state index contributed by atoms with van der Waals surface area (Å²) in [4.78, 5) is 24.3. The number of anilines is 2. The van der Waals surface area contributed by atoms with Crippen LogP contribution in [0.3, 0.4) is 0 Å². The quantitative estimate of drug-likeness (QED) is 0.113. The Morgan fingerprint density at radius 3 is 2.52 bits per heavy atom. The molecule has 33 heavy (non-hydrogen) atoms. The first kappa shape index (κ1) is 26.4. The summed E-state index contributed by atoms with van der Waals surface area (Å²) in [5.41, 5.74) is -0.927. The lowest BCUT2D eigenvalue weighted by atomic mass is 9.93. The highest BCUT2D eigenvalue weighted by atomic mass is 127. The third kappa shape index (κ3) is 6.14. The molecule has 0 radical (unpaired) electrons. The molecule has 178 valence electrons. The number of carbonyl (C=O) groups is 1. The second kappa shape index (κ2) is 10.4. The van der Waals surface area contributed by atoms with Gasteiger partial charge < -0.3 is 20.6 Å². The molecule has 1 amide bonds. The van der Waals surface area contributed by atoms with Gasteiger partial charge in [-0.25, -0.2) is 23.3 Å². The molecule has 0 bridgehead atoms. The monoisotopic (exact) mass is 600 g/mol. The number of β-amino-alcohol motifs (C(OH)–C–C–N with tert-alkyl or cyclic N) is 1. The average molecular weight is 601 g/mol. The molecule has 0 aromatic heterocycles. The van der Waals surface area contributed by atoms with Crippen molar-refractivity contribution in [1.29, 1.82) is 5.41 Å². The third-order valence-electron chi connectivity index (χ3n) is 4.57. The van der Waals surface area contributed by atoms with E-state index in [1.54, 1.807) is 11.5 Å². The highest BCUT2D eigenvalue weighted by molar-refractivity contribution is 14.1. The number of guanidine groups is 1. The van der Waals surface area contributed by atoms with Crippen LogP contribution < -0.4 is 16.1 Å². The standard InChI is InChI=1S/C18H16F3IN6O4.ClH/c19-11-3-2-10(15(14(11)21)25-13-4-1-9(22)5-12(13)20)16(29)27-7-18(30,8-27)6-24-17(23)26-28(31)32;/h1-5,25,30H,6-8H2,(H3,23,24,26);1H. The van der Waals surface area contributed by atoms with Gasteiger partial charge in [0.05, 0.1) is 36.6 Å². The highest BCUT2D eigenvalue weighted by Crippen LogP contribution is 2.31. The zero-order valence-electron chi connectivity index (χ0n) is 16.5. The molecule has 1 aliphatic rings. The van der Waals surface area contributed by atoms with Crippen molar-refractivity contribution >= 4 is 58.2 Å². The Morgan fingerprint density at radius 1 is 1.24 bits per heavy atom. The molecule has 1 heterocycles. The molecule has 10 nitrogen and oxygen atoms in total. The van der Waals surface area contributed by atoms with E-state index in [1.807, 2.05) is 22.6 Å². The van der Waals surface area contributed by atoms with Crippen LogP contribution in [-0.4, -0.2) is 52.1 Å². The van der Waals surface area contributed by atoms with Gasteiger partial charge in [-0.15, -0.1) is 12.4 Å². The summed E-state index contributed by atoms with van der Waals surface area (Å²) in [5.74, 6) is -4.74. The lowest BCUT2D eigenvalue weighted by molar-refractivity contribution is -0.525. The maximum absolute atomic E-state index is 14.5. The number of aliphatic hydroxyl groups is 1. The molecule has 1 aliphatic heterocycles. The van der Waals surface area contributed by atoms with Crippen LogP contribution in [0.4, 0.5) is 24.5 Å². The van der Waals surface area contributed by atoms with Gasteiger partial charge in [0.2, 0.25) is 0 Å². The molecular formula is C18H17ClF3IN6O4. The van der Waals surface area contributed by atoms with E-state index >= 15 is 0 Å². The normalized spacial score (nSPS) is 13.9. The number of rotatable bonds is 6. The summed E-state index contributed by atoms with van der Waals surface area (Å²) < 4.78 is 43.1. The molecule has 5 N–H and O–H groups in total. The fourth-order valence-electron chi connectivity index (χ4n) is 3.05. The van der Waals surface area contributed by atoms with Gasteiger partial charge in [0.1, 0.15) is 11.4 Å². The SMILES string of the molecule is Cl.N=C(NCC1(O)CN(C(=O)c2ccc(F)c(F)c2Nc2ccc(I)cc2F)C1)N[N+](=O)[O-]. The highest BCUT2D eigenvalue weighted by Gasteiger charge is 2.44. The Bertz CT molecular complexity index is 1100. The van der Waals surface area contributed by atoms with E-state index in [0.29, 0.717) is 3.57 Å². The lowest BCUT2D eigenvalue weighted by Crippen LogP contribution is -2.68. The van der Waals surface area contributed by atoms with Gasteiger partial charge in [-0.05, 0) is 52.9 Å². The van der Waals surface area contributed by atoms with Gasteiger partial charge >= 0.3 is 0 Å². The predicted octanol–water partition coefficient (Wildman–Crippen LogP) is 2.37. The van der Waals surface area contributed by atoms with E-state index in [-0.39, 0.29) is 43.3 Å². The summed E-state index contributed by atoms with van der Waals surface area (Å²) in [7, 11) is 0. The maximum atomic E-state index is 14.5. The van der Waals surface area contributed by atoms with Crippen LogP contribution in [0.2, 0.25) is 0 Å². The van der Waals surface area contributed by atoms with Gasteiger partial charge in [-0.3, -0.25) is 10.2 Å². The maximum Gasteiger partial charge on any atom is 0.256 e. The molecule has 1 saturated heterocycles. The number of benzene rings is 2. The second-order valence-corrected chi connectivity index (χ2v) is 8.26. The number of nitrogens with one attached hydrogen (secondary N) is 4. The fraction of sp³-hybridized carbons (Fsp3) is 0.222. The first-order valence-corrected chi connectivity index (χ1v) is 10.0. The molecule has 2 aromatic rings. The van der Waals surface area contributed by atoms with Crippen LogP contribution in [0.25, 0.3) is 0 Å². The van der Waals surface area contributed by atoms with Crippen LogP contribution in [0.15, 0.2) is 30.3 Å². The van der Waals surface area contributed by atoms with Gasteiger partial charge in [0.25, 0.3) is 11.9 Å². The minimum absolute atomic E-state index is 0. The van der Waals surface area contributed by atoms with Crippen molar-refractivity contribution < 1.29 is 28.1 Å². The summed E-state index contributed by atoms with van der Waals surface area (Å²) in [6, 6.07) is 5.84. The number of halogens is 5. The molecule has 3 rings (SSSR count). The van der Waals surface area contributed by atoms with Crippen molar-refractivity contribution in [3.05, 3.63) is 67.0 Å². The minimum atomic E-state index is -1.49. The lowest BCUT2D eigenvalue weighted by Gasteiger charge is -2.46. The molecule has 2 aromatic carbocycles. The van der Waals surface area contributed by atoms with Crippen molar-refractivity contribution in [2.45, 2.75) is 5.60 Å². The van der Waals surface area contributed by atoms with E-state index in [0.717, 1.165) is 17.0 Å². The Labute approximate surface area is 204 Å². The first-order chi connectivity index (χ1) is 15.0. The number of hydrogen-bond donors (Lipinski definition) is 5. The average Bonchev–Trinajstić information content (AvgIpc) is 2.68. The van der Waals surface area contributed by atoms with Crippen LogP contribution in [-0.2, 0) is 0 Å². The molecule has 0 saturated carbocycles. The molecule has 0 aliphatic carbocycles. The van der Waals surface area contributed by atoms with Crippen molar-refractivity contribution in [2.75, 3.05) is 25.0 Å². The number of amides is 1. The number of hydrogen-bond acceptors (Lipinski definition) is 6. The van der Waals surface area contributed by atoms with Crippen LogP contribution >= 0.6 is 35.0 Å². The van der Waals surface area contributed by atoms with Crippen LogP contribution in [0, 0.1) is 36.5 Å². The second-order valence-electron chi connectivity index (χ2n) is 7.02. The van der Waals surface area contributed by atoms with Crippen molar-refractivity contribution in [1.82, 2.24) is 15.6 Å². The van der Waals surface area contributed by atoms with E-state index in [2.05, 4.69) is 10.6 Å². The van der Waals surface area contributed by atoms with Gasteiger partial charge in [0.15, 0.2) is 16.7 Å². The Hall–Kier alpha value is -2.85. The number of nitro groups is 1. The molecular weight excluding hydrogens is 584 g/mol. The summed E-state index contributed by atoms with van der Waals surface area (Å²) in [6.07, 6.45) is 0. The van der Waals surface area contributed by atoms with Gasteiger partial charge in [-0.1, -0.05) is 5.43 Å². The molecule has 15 heteroatoms. The number of likely N-dealkylation sites (tertiary alicyclic amines) is 1. The van der Waals surface area contributed by atoms with E-state index < -0.39 is 45.6 Å². The third-order valence-corrected chi connectivity index (χ3v) is 5.24. The fourth-order valence-corrected chi connectivity index (χ4v) is 3.50. The molecule has 1 fully saturated rings. The Balaban J connectivity index is 0.00000385. The van der Waals surface area contributed by atoms with E-state index in [9.17, 15) is 33.2 Å². The summed E-state index contributed by atoms with van der Waals surface area (Å²) >= 11 is 1.88. The topological polar surface area (TPSA) is 144 Å². The number of nitrogens with zero attached hydrogens (tertiary/aromatic N) is 2. The van der Waals surface area contributed by atoms with Crippen LogP contribution in [0.5, 0.6) is 0 Å². The minimum Gasteiger partial charge on any atom is -0.384 e. The van der Waals surface area contributed by atoms with Crippen molar-refractivity contribution in [3.63, 3.8) is 0 Å². The first-order valence-electron chi connectivity index (χ1n) is 8.94. The molecule has 0 atom stereocenters. The van der Waals surface area contributed by atoms with Gasteiger partial charge in [-0.2, -0.15) is 0 Å². The summed E-state index contributed by atoms with van der Waals surface area (Å²) in [6.45, 7) is -0.741. The Kier molecular flexibility index (Phi) is 8.31. The summed E-state index contributed by atoms with van der Waals surface area (Å²) in [5, 5.41) is 31.7. The largest absolute Gasteiger partial charge is 0.384 e. The Morgan fingerprint density at radius 2 is 1.91 bits per heavy atom. The molecule has 0 spiro atoms. The van der Waals surface area contributed by atoms with Gasteiger partial charge in [0, 0.05) is 3.57 Å². The predicted molar refractivity (Wildman–Crippen MR) is 123 cm³/mol. The van der Waals surface area contributed by atoms with Crippen molar-refractivity contribution in [2.24, 2.45) is 0 Å². The number of carbonyl (C=O) groups excluding carboxylic acids is 1. The number of hydrazine groups is 1. The smallest absolute Gasteiger partial charge is 0.256 e. The van der Waals surface area contributed by atoms with Crippen molar-refractivity contribution in [3.8, 4) is 0 Å². The van der Waals surface area contributed by atoms with E-state index in [1.165, 1.54) is 12.1 Å². The van der Waals surface area contributed by atoms with E-state index in [4.69, 9.17) is 5.41 Å². The molecule has 0 unspecified atom stereocenters.